The molecule has 0 saturated carbocycles. The maximum absolute atomic E-state index is 13.1. The Hall–Kier alpha value is -2.31. The van der Waals surface area contributed by atoms with Crippen molar-refractivity contribution in [2.75, 3.05) is 0 Å². The number of aromatic hydroxyl groups is 1. The molecule has 3 rings (SSSR count). The van der Waals surface area contributed by atoms with Crippen molar-refractivity contribution in [3.63, 3.8) is 0 Å². The van der Waals surface area contributed by atoms with Crippen molar-refractivity contribution in [3.05, 3.63) is 59.9 Å². The van der Waals surface area contributed by atoms with Crippen LogP contribution in [-0.4, -0.2) is 29.1 Å². The lowest BCUT2D eigenvalue weighted by molar-refractivity contribution is 0.216. The number of sulfone groups is 1. The molecular weight excluding hydrogens is 350 g/mol. The molecular formula is C20H25NO4S. The third-order valence-corrected chi connectivity index (χ3v) is 5.72. The molecule has 0 fully saturated rings. The largest absolute Gasteiger partial charge is 0.508 e. The summed E-state index contributed by atoms with van der Waals surface area (Å²) in [7, 11) is -3.64. The molecule has 0 spiro atoms. The van der Waals surface area contributed by atoms with Crippen LogP contribution in [0.1, 0.15) is 31.9 Å². The van der Waals surface area contributed by atoms with Crippen LogP contribution in [0.3, 0.4) is 0 Å². The average molecular weight is 375 g/mol. The highest BCUT2D eigenvalue weighted by atomic mass is 32.2. The van der Waals surface area contributed by atoms with E-state index in [9.17, 15) is 13.5 Å². The molecule has 1 aromatic carbocycles. The smallest absolute Gasteiger partial charge is 0.209 e. The first-order valence-corrected chi connectivity index (χ1v) is 9.98. The van der Waals surface area contributed by atoms with Crippen molar-refractivity contribution in [1.29, 1.82) is 0 Å². The number of fused-ring (bicyclic) bond motifs is 1. The highest BCUT2D eigenvalue weighted by molar-refractivity contribution is 7.91. The number of rotatable bonds is 3. The van der Waals surface area contributed by atoms with Gasteiger partial charge in [-0.15, -0.1) is 0 Å². The lowest BCUT2D eigenvalue weighted by Crippen LogP contribution is -2.04. The second kappa shape index (κ2) is 7.93. The van der Waals surface area contributed by atoms with Gasteiger partial charge >= 0.3 is 0 Å². The van der Waals surface area contributed by atoms with E-state index < -0.39 is 9.84 Å². The van der Waals surface area contributed by atoms with E-state index in [0.717, 1.165) is 5.56 Å². The number of hydrogen-bond donors (Lipinski definition) is 2. The monoisotopic (exact) mass is 375 g/mol. The molecule has 0 unspecified atom stereocenters. The van der Waals surface area contributed by atoms with Crippen molar-refractivity contribution in [2.45, 2.75) is 50.0 Å². The number of phenols is 1. The van der Waals surface area contributed by atoms with Crippen LogP contribution >= 0.6 is 0 Å². The van der Waals surface area contributed by atoms with Crippen molar-refractivity contribution >= 4 is 15.4 Å². The van der Waals surface area contributed by atoms with Crippen molar-refractivity contribution in [2.24, 2.45) is 0 Å². The van der Waals surface area contributed by atoms with Crippen LogP contribution in [0.25, 0.3) is 5.52 Å². The maximum Gasteiger partial charge on any atom is 0.209 e. The lowest BCUT2D eigenvalue weighted by atomic mass is 10.2. The fraction of sp³-hybridized carbons (Fsp3) is 0.300. The molecule has 2 heterocycles. The minimum Gasteiger partial charge on any atom is -0.508 e. The Morgan fingerprint density at radius 2 is 1.81 bits per heavy atom. The summed E-state index contributed by atoms with van der Waals surface area (Å²) in [6.45, 7) is 7.07. The Morgan fingerprint density at radius 3 is 2.38 bits per heavy atom. The summed E-state index contributed by atoms with van der Waals surface area (Å²) in [6, 6.07) is 9.88. The second-order valence-electron chi connectivity index (χ2n) is 6.38. The van der Waals surface area contributed by atoms with Crippen LogP contribution in [0.15, 0.2) is 58.6 Å². The summed E-state index contributed by atoms with van der Waals surface area (Å²) in [4.78, 5) is 0.551. The fourth-order valence-corrected chi connectivity index (χ4v) is 4.43. The first kappa shape index (κ1) is 20.0. The van der Waals surface area contributed by atoms with E-state index in [2.05, 4.69) is 0 Å². The molecule has 0 bridgehead atoms. The number of phenolic OH excluding ortho intramolecular Hbond substituents is 1. The first-order chi connectivity index (χ1) is 12.2. The zero-order chi connectivity index (χ0) is 19.5. The van der Waals surface area contributed by atoms with Gasteiger partial charge in [-0.1, -0.05) is 13.0 Å². The Balaban J connectivity index is 0.000000552. The van der Waals surface area contributed by atoms with Gasteiger partial charge in [0.15, 0.2) is 0 Å². The highest BCUT2D eigenvalue weighted by Gasteiger charge is 2.25. The molecule has 6 heteroatoms. The predicted octanol–water partition coefficient (Wildman–Crippen LogP) is 3.74. The van der Waals surface area contributed by atoms with E-state index in [1.165, 1.54) is 18.2 Å². The van der Waals surface area contributed by atoms with E-state index in [-0.39, 0.29) is 16.7 Å². The molecule has 0 amide bonds. The van der Waals surface area contributed by atoms with Gasteiger partial charge in [0.1, 0.15) is 10.6 Å². The normalized spacial score (nSPS) is 11.5. The molecule has 3 aromatic rings. The summed E-state index contributed by atoms with van der Waals surface area (Å²) in [6.07, 6.45) is 4.17. The number of aliphatic hydroxyl groups is 1. The van der Waals surface area contributed by atoms with Gasteiger partial charge in [-0.2, -0.15) is 0 Å². The zero-order valence-corrected chi connectivity index (χ0v) is 16.3. The Bertz CT molecular complexity index is 1000. The Labute approximate surface area is 154 Å². The number of benzene rings is 1. The SMILES string of the molecule is CC(C)O.CCc1cn2ccccc2c1S(=O)(=O)c1ccc(O)c(C)c1. The molecule has 0 aliphatic carbocycles. The summed E-state index contributed by atoms with van der Waals surface area (Å²) in [5, 5.41) is 17.7. The number of pyridine rings is 1. The molecule has 0 aliphatic heterocycles. The molecule has 0 radical (unpaired) electrons. The van der Waals surface area contributed by atoms with Gasteiger partial charge in [-0.25, -0.2) is 8.42 Å². The molecule has 2 aromatic heterocycles. The topological polar surface area (TPSA) is 79.0 Å². The van der Waals surface area contributed by atoms with E-state index in [0.29, 0.717) is 22.4 Å². The quantitative estimate of drug-likeness (QED) is 0.731. The Morgan fingerprint density at radius 1 is 1.15 bits per heavy atom. The minimum absolute atomic E-state index is 0.0939. The van der Waals surface area contributed by atoms with Gasteiger partial charge in [-0.3, -0.25) is 0 Å². The number of nitrogens with zero attached hydrogens (tertiary/aromatic N) is 1. The predicted molar refractivity (Wildman–Crippen MR) is 102 cm³/mol. The first-order valence-electron chi connectivity index (χ1n) is 8.49. The Kier molecular flexibility index (Phi) is 6.10. The van der Waals surface area contributed by atoms with Gasteiger partial charge in [-0.05, 0) is 68.7 Å². The van der Waals surface area contributed by atoms with Gasteiger partial charge in [0.25, 0.3) is 0 Å². The molecule has 2 N–H and O–H groups in total. The van der Waals surface area contributed by atoms with E-state index in [4.69, 9.17) is 5.11 Å². The van der Waals surface area contributed by atoms with E-state index in [1.807, 2.05) is 35.9 Å². The third kappa shape index (κ3) is 4.08. The lowest BCUT2D eigenvalue weighted by Gasteiger charge is -2.08. The molecule has 0 atom stereocenters. The minimum atomic E-state index is -3.64. The number of aryl methyl sites for hydroxylation is 2. The molecule has 26 heavy (non-hydrogen) atoms. The van der Waals surface area contributed by atoms with Crippen LogP contribution in [0.2, 0.25) is 0 Å². The van der Waals surface area contributed by atoms with Crippen molar-refractivity contribution in [1.82, 2.24) is 4.40 Å². The van der Waals surface area contributed by atoms with E-state index in [1.54, 1.807) is 26.8 Å². The molecule has 0 saturated heterocycles. The maximum atomic E-state index is 13.1. The number of aliphatic hydroxyl groups excluding tert-OH is 1. The standard InChI is InChI=1S/C17H17NO3S.C3H8O/c1-3-13-11-18-9-5-4-6-15(18)17(13)22(20,21)14-7-8-16(19)12(2)10-14;1-3(2)4/h4-11,19H,3H2,1-2H3;3-4H,1-2H3. The number of aromatic nitrogens is 1. The summed E-state index contributed by atoms with van der Waals surface area (Å²) >= 11 is 0. The molecule has 5 nitrogen and oxygen atoms in total. The van der Waals surface area contributed by atoms with Crippen LogP contribution in [0.4, 0.5) is 0 Å². The number of hydrogen-bond acceptors (Lipinski definition) is 4. The summed E-state index contributed by atoms with van der Waals surface area (Å²) in [5.41, 5.74) is 2.00. The highest BCUT2D eigenvalue weighted by Crippen LogP contribution is 2.31. The van der Waals surface area contributed by atoms with Crippen molar-refractivity contribution < 1.29 is 18.6 Å². The van der Waals surface area contributed by atoms with Crippen LogP contribution in [0.5, 0.6) is 5.75 Å². The van der Waals surface area contributed by atoms with Gasteiger partial charge in [0, 0.05) is 18.5 Å². The summed E-state index contributed by atoms with van der Waals surface area (Å²) in [5.74, 6) is 0.0939. The second-order valence-corrected chi connectivity index (χ2v) is 8.26. The van der Waals surface area contributed by atoms with Gasteiger partial charge in [0.2, 0.25) is 9.84 Å². The van der Waals surface area contributed by atoms with Gasteiger partial charge in [0.05, 0.1) is 10.4 Å². The molecule has 0 aliphatic rings. The van der Waals surface area contributed by atoms with Crippen LogP contribution in [0, 0.1) is 6.92 Å². The molecule has 140 valence electrons. The van der Waals surface area contributed by atoms with Crippen LogP contribution in [-0.2, 0) is 16.3 Å². The van der Waals surface area contributed by atoms with Gasteiger partial charge < -0.3 is 14.6 Å². The van der Waals surface area contributed by atoms with Crippen molar-refractivity contribution in [3.8, 4) is 5.75 Å². The third-order valence-electron chi connectivity index (χ3n) is 3.84. The van der Waals surface area contributed by atoms with Crippen LogP contribution < -0.4 is 0 Å². The summed E-state index contributed by atoms with van der Waals surface area (Å²) < 4.78 is 27.9. The fourth-order valence-electron chi connectivity index (χ4n) is 2.63. The zero-order valence-electron chi connectivity index (χ0n) is 15.5. The average Bonchev–Trinajstić information content (AvgIpc) is 2.96. The van der Waals surface area contributed by atoms with E-state index >= 15 is 0 Å².